The maximum Gasteiger partial charge on any atom is 0.243 e. The maximum atomic E-state index is 12.2. The molecule has 2 atom stereocenters. The summed E-state index contributed by atoms with van der Waals surface area (Å²) in [5.74, 6) is 0.872. The summed E-state index contributed by atoms with van der Waals surface area (Å²) < 4.78 is 0. The van der Waals surface area contributed by atoms with Crippen LogP contribution >= 0.6 is 11.6 Å². The standard InChI is InChI=1S/C16H20ClN5O/c1-11-6-2-5-9-14(11)18-15(23)10-22-20-16(19-21-22)12-7-3-4-8-13(12)17/h3-4,7-8,11,14H,2,5-6,9-10H2,1H3,(H,18,23)/t11-,14+/m1/s1. The molecular weight excluding hydrogens is 314 g/mol. The third-order valence-corrected chi connectivity index (χ3v) is 4.64. The fourth-order valence-electron chi connectivity index (χ4n) is 2.97. The molecule has 1 aliphatic rings. The van der Waals surface area contributed by atoms with Crippen molar-refractivity contribution in [2.24, 2.45) is 5.92 Å². The van der Waals surface area contributed by atoms with E-state index in [1.165, 1.54) is 24.1 Å². The molecule has 0 saturated heterocycles. The minimum atomic E-state index is -0.0770. The van der Waals surface area contributed by atoms with Crippen molar-refractivity contribution in [3.05, 3.63) is 29.3 Å². The van der Waals surface area contributed by atoms with E-state index in [9.17, 15) is 4.79 Å². The Kier molecular flexibility index (Phi) is 4.91. The molecule has 0 aliphatic heterocycles. The zero-order valence-electron chi connectivity index (χ0n) is 13.1. The van der Waals surface area contributed by atoms with Crippen LogP contribution in [-0.4, -0.2) is 32.2 Å². The van der Waals surface area contributed by atoms with Crippen LogP contribution in [0.15, 0.2) is 24.3 Å². The number of carbonyl (C=O) groups is 1. The molecule has 23 heavy (non-hydrogen) atoms. The SMILES string of the molecule is C[C@@H]1CCCC[C@@H]1NC(=O)Cn1nnc(-c2ccccc2Cl)n1. The van der Waals surface area contributed by atoms with Gasteiger partial charge in [-0.15, -0.1) is 10.2 Å². The molecule has 1 N–H and O–H groups in total. The molecule has 1 aromatic carbocycles. The van der Waals surface area contributed by atoms with Gasteiger partial charge in [-0.25, -0.2) is 0 Å². The third-order valence-electron chi connectivity index (χ3n) is 4.31. The zero-order valence-corrected chi connectivity index (χ0v) is 13.8. The van der Waals surface area contributed by atoms with Crippen LogP contribution in [0.2, 0.25) is 5.02 Å². The van der Waals surface area contributed by atoms with Crippen molar-refractivity contribution in [3.63, 3.8) is 0 Å². The predicted octanol–water partition coefficient (Wildman–Crippen LogP) is 2.69. The van der Waals surface area contributed by atoms with Crippen LogP contribution in [-0.2, 0) is 11.3 Å². The van der Waals surface area contributed by atoms with Crippen LogP contribution in [0.25, 0.3) is 11.4 Å². The lowest BCUT2D eigenvalue weighted by Gasteiger charge is -2.29. The summed E-state index contributed by atoms with van der Waals surface area (Å²) in [6.07, 6.45) is 4.64. The predicted molar refractivity (Wildman–Crippen MR) is 87.8 cm³/mol. The molecule has 6 nitrogen and oxygen atoms in total. The first-order valence-corrected chi connectivity index (χ1v) is 8.33. The third kappa shape index (κ3) is 3.88. The Bertz CT molecular complexity index is 687. The van der Waals surface area contributed by atoms with E-state index in [0.717, 1.165) is 6.42 Å². The molecule has 7 heteroatoms. The number of nitrogens with one attached hydrogen (secondary N) is 1. The van der Waals surface area contributed by atoms with Crippen molar-refractivity contribution >= 4 is 17.5 Å². The molecule has 1 heterocycles. The summed E-state index contributed by atoms with van der Waals surface area (Å²) >= 11 is 6.12. The van der Waals surface area contributed by atoms with Crippen molar-refractivity contribution < 1.29 is 4.79 Å². The second kappa shape index (κ2) is 7.08. The lowest BCUT2D eigenvalue weighted by Crippen LogP contribution is -2.42. The lowest BCUT2D eigenvalue weighted by atomic mass is 9.86. The number of carbonyl (C=O) groups excluding carboxylic acids is 1. The van der Waals surface area contributed by atoms with E-state index in [-0.39, 0.29) is 18.5 Å². The van der Waals surface area contributed by atoms with Gasteiger partial charge in [0.15, 0.2) is 0 Å². The summed E-state index contributed by atoms with van der Waals surface area (Å²) in [6.45, 7) is 2.26. The number of hydrogen-bond donors (Lipinski definition) is 1. The maximum absolute atomic E-state index is 12.2. The van der Waals surface area contributed by atoms with Gasteiger partial charge in [0.1, 0.15) is 6.54 Å². The van der Waals surface area contributed by atoms with Gasteiger partial charge < -0.3 is 5.32 Å². The smallest absolute Gasteiger partial charge is 0.243 e. The molecule has 1 fully saturated rings. The topological polar surface area (TPSA) is 72.7 Å². The highest BCUT2D eigenvalue weighted by Crippen LogP contribution is 2.24. The largest absolute Gasteiger partial charge is 0.351 e. The average Bonchev–Trinajstić information content (AvgIpc) is 2.98. The molecule has 1 aromatic heterocycles. The highest BCUT2D eigenvalue weighted by atomic mass is 35.5. The molecule has 122 valence electrons. The minimum Gasteiger partial charge on any atom is -0.351 e. The zero-order chi connectivity index (χ0) is 16.2. The van der Waals surface area contributed by atoms with E-state index in [1.54, 1.807) is 6.07 Å². The Hall–Kier alpha value is -1.95. The second-order valence-corrected chi connectivity index (χ2v) is 6.47. The minimum absolute atomic E-state index is 0.0701. The van der Waals surface area contributed by atoms with Gasteiger partial charge in [-0.05, 0) is 36.1 Å². The molecular formula is C16H20ClN5O. The Morgan fingerprint density at radius 1 is 1.35 bits per heavy atom. The lowest BCUT2D eigenvalue weighted by molar-refractivity contribution is -0.123. The number of halogens is 1. The number of tetrazole rings is 1. The van der Waals surface area contributed by atoms with Crippen LogP contribution < -0.4 is 5.32 Å². The number of benzene rings is 1. The van der Waals surface area contributed by atoms with E-state index >= 15 is 0 Å². The highest BCUT2D eigenvalue weighted by molar-refractivity contribution is 6.33. The molecule has 1 saturated carbocycles. The molecule has 0 bridgehead atoms. The normalized spacial score (nSPS) is 21.1. The Morgan fingerprint density at radius 2 is 2.13 bits per heavy atom. The van der Waals surface area contributed by atoms with Gasteiger partial charge in [-0.3, -0.25) is 4.79 Å². The van der Waals surface area contributed by atoms with Crippen molar-refractivity contribution in [1.29, 1.82) is 0 Å². The van der Waals surface area contributed by atoms with Gasteiger partial charge in [-0.2, -0.15) is 4.80 Å². The summed E-state index contributed by atoms with van der Waals surface area (Å²) in [6, 6.07) is 7.55. The van der Waals surface area contributed by atoms with Crippen LogP contribution in [0.3, 0.4) is 0 Å². The first kappa shape index (κ1) is 15.9. The molecule has 2 aromatic rings. The fourth-order valence-corrected chi connectivity index (χ4v) is 3.19. The van der Waals surface area contributed by atoms with Gasteiger partial charge in [-0.1, -0.05) is 43.5 Å². The Balaban J connectivity index is 1.62. The van der Waals surface area contributed by atoms with Crippen molar-refractivity contribution in [2.75, 3.05) is 0 Å². The van der Waals surface area contributed by atoms with Gasteiger partial charge in [0.2, 0.25) is 11.7 Å². The summed E-state index contributed by atoms with van der Waals surface area (Å²) in [7, 11) is 0. The molecule has 0 spiro atoms. The number of rotatable bonds is 4. The van der Waals surface area contributed by atoms with Crippen LogP contribution in [0.1, 0.15) is 32.6 Å². The van der Waals surface area contributed by atoms with E-state index in [2.05, 4.69) is 27.7 Å². The Labute approximate surface area is 140 Å². The van der Waals surface area contributed by atoms with Crippen LogP contribution in [0.5, 0.6) is 0 Å². The van der Waals surface area contributed by atoms with E-state index in [4.69, 9.17) is 11.6 Å². The number of nitrogens with zero attached hydrogens (tertiary/aromatic N) is 4. The first-order valence-electron chi connectivity index (χ1n) is 7.95. The van der Waals surface area contributed by atoms with Gasteiger partial charge in [0.05, 0.1) is 5.02 Å². The van der Waals surface area contributed by atoms with Crippen molar-refractivity contribution in [3.8, 4) is 11.4 Å². The van der Waals surface area contributed by atoms with E-state index in [0.29, 0.717) is 22.3 Å². The second-order valence-electron chi connectivity index (χ2n) is 6.06. The summed E-state index contributed by atoms with van der Waals surface area (Å²) in [5.41, 5.74) is 0.710. The quantitative estimate of drug-likeness (QED) is 0.933. The number of hydrogen-bond acceptors (Lipinski definition) is 4. The molecule has 0 unspecified atom stereocenters. The summed E-state index contributed by atoms with van der Waals surface area (Å²) in [4.78, 5) is 13.5. The van der Waals surface area contributed by atoms with Crippen molar-refractivity contribution in [2.45, 2.75) is 45.2 Å². The average molecular weight is 334 g/mol. The monoisotopic (exact) mass is 333 g/mol. The van der Waals surface area contributed by atoms with Gasteiger partial charge in [0, 0.05) is 11.6 Å². The molecule has 0 radical (unpaired) electrons. The fraction of sp³-hybridized carbons (Fsp3) is 0.500. The molecule has 1 aliphatic carbocycles. The van der Waals surface area contributed by atoms with Crippen LogP contribution in [0, 0.1) is 5.92 Å². The number of amides is 1. The number of aromatic nitrogens is 4. The van der Waals surface area contributed by atoms with E-state index in [1.807, 2.05) is 18.2 Å². The highest BCUT2D eigenvalue weighted by Gasteiger charge is 2.23. The van der Waals surface area contributed by atoms with E-state index < -0.39 is 0 Å². The van der Waals surface area contributed by atoms with Crippen LogP contribution in [0.4, 0.5) is 0 Å². The first-order chi connectivity index (χ1) is 11.1. The van der Waals surface area contributed by atoms with Gasteiger partial charge in [0.25, 0.3) is 0 Å². The summed E-state index contributed by atoms with van der Waals surface area (Å²) in [5, 5.41) is 15.8. The van der Waals surface area contributed by atoms with Crippen molar-refractivity contribution in [1.82, 2.24) is 25.5 Å². The van der Waals surface area contributed by atoms with Gasteiger partial charge >= 0.3 is 0 Å². The Morgan fingerprint density at radius 3 is 2.91 bits per heavy atom. The molecule has 1 amide bonds. The molecule has 3 rings (SSSR count).